The lowest BCUT2D eigenvalue weighted by atomic mass is 10.3. The Labute approximate surface area is 151 Å². The van der Waals surface area contributed by atoms with Gasteiger partial charge in [-0.15, -0.1) is 6.42 Å². The molecule has 0 fully saturated rings. The van der Waals surface area contributed by atoms with Crippen LogP contribution in [0.5, 0.6) is 0 Å². The zero-order valence-corrected chi connectivity index (χ0v) is 15.2. The molecule has 1 unspecified atom stereocenters. The molecular formula is C15H14ClN3O3S2. The van der Waals surface area contributed by atoms with Crippen molar-refractivity contribution in [2.75, 3.05) is 23.5 Å². The van der Waals surface area contributed by atoms with Crippen molar-refractivity contribution in [2.24, 2.45) is 0 Å². The van der Waals surface area contributed by atoms with Gasteiger partial charge in [-0.3, -0.25) is 9.69 Å². The summed E-state index contributed by atoms with van der Waals surface area (Å²) in [6.07, 6.45) is 9.70. The van der Waals surface area contributed by atoms with Gasteiger partial charge >= 0.3 is 0 Å². The fourth-order valence-corrected chi connectivity index (χ4v) is 3.67. The molecule has 1 amide bonds. The maximum absolute atomic E-state index is 12.4. The predicted octanol–water partition coefficient (Wildman–Crippen LogP) is 1.83. The molecule has 9 heteroatoms. The maximum Gasteiger partial charge on any atom is 0.233 e. The first-order valence-electron chi connectivity index (χ1n) is 6.81. The molecular weight excluding hydrogens is 370 g/mol. The molecule has 0 spiro atoms. The number of hydrogen-bond donors (Lipinski definition) is 0. The normalized spacial score (nSPS) is 11.8. The van der Waals surface area contributed by atoms with Crippen LogP contribution in [0.1, 0.15) is 6.42 Å². The van der Waals surface area contributed by atoms with Gasteiger partial charge in [0.15, 0.2) is 17.5 Å². The SMILES string of the molecule is C#CCN(C(=O)CC[S+](C)[O-])c1sc(-c2ccc[n+]([O-])c2)nc1Cl. The lowest BCUT2D eigenvalue weighted by Crippen LogP contribution is -2.32. The van der Waals surface area contributed by atoms with Crippen LogP contribution in [0.15, 0.2) is 24.5 Å². The Bertz CT molecular complexity index is 774. The molecule has 2 aromatic heterocycles. The zero-order chi connectivity index (χ0) is 17.7. The number of anilines is 1. The van der Waals surface area contributed by atoms with Crippen molar-refractivity contribution >= 4 is 45.0 Å². The van der Waals surface area contributed by atoms with Gasteiger partial charge in [-0.1, -0.05) is 40.0 Å². The third kappa shape index (κ3) is 4.61. The van der Waals surface area contributed by atoms with Gasteiger partial charge in [-0.25, -0.2) is 4.98 Å². The fourth-order valence-electron chi connectivity index (χ4n) is 1.90. The molecule has 0 aliphatic heterocycles. The van der Waals surface area contributed by atoms with E-state index in [1.54, 1.807) is 12.1 Å². The predicted molar refractivity (Wildman–Crippen MR) is 96.3 cm³/mol. The second-order valence-electron chi connectivity index (χ2n) is 4.78. The second-order valence-corrected chi connectivity index (χ2v) is 7.67. The number of carbonyl (C=O) groups excluding carboxylic acids is 1. The number of halogens is 1. The summed E-state index contributed by atoms with van der Waals surface area (Å²) in [6, 6.07) is 3.32. The van der Waals surface area contributed by atoms with Crippen molar-refractivity contribution in [1.82, 2.24) is 4.98 Å². The van der Waals surface area contributed by atoms with Gasteiger partial charge < -0.3 is 9.76 Å². The van der Waals surface area contributed by atoms with Gasteiger partial charge in [0, 0.05) is 6.07 Å². The van der Waals surface area contributed by atoms with Crippen LogP contribution >= 0.6 is 22.9 Å². The minimum Gasteiger partial charge on any atom is -0.619 e. The molecule has 0 N–H and O–H groups in total. The van der Waals surface area contributed by atoms with Gasteiger partial charge in [0.1, 0.15) is 15.8 Å². The highest BCUT2D eigenvalue weighted by atomic mass is 35.5. The maximum atomic E-state index is 12.4. The van der Waals surface area contributed by atoms with E-state index in [0.717, 1.165) is 0 Å². The summed E-state index contributed by atoms with van der Waals surface area (Å²) in [4.78, 5) is 17.9. The highest BCUT2D eigenvalue weighted by Gasteiger charge is 2.23. The van der Waals surface area contributed by atoms with Crippen molar-refractivity contribution in [3.63, 3.8) is 0 Å². The Morgan fingerprint density at radius 1 is 1.62 bits per heavy atom. The minimum absolute atomic E-state index is 0.0346. The Morgan fingerprint density at radius 2 is 2.38 bits per heavy atom. The van der Waals surface area contributed by atoms with Crippen molar-refractivity contribution in [2.45, 2.75) is 6.42 Å². The first-order valence-corrected chi connectivity index (χ1v) is 9.74. The second kappa shape index (κ2) is 8.35. The number of pyridine rings is 1. The van der Waals surface area contributed by atoms with Crippen LogP contribution in [0.2, 0.25) is 5.15 Å². The lowest BCUT2D eigenvalue weighted by Gasteiger charge is -2.18. The molecule has 2 aromatic rings. The van der Waals surface area contributed by atoms with E-state index in [4.69, 9.17) is 18.0 Å². The Kier molecular flexibility index (Phi) is 6.45. The summed E-state index contributed by atoms with van der Waals surface area (Å²) >= 11 is 6.26. The highest BCUT2D eigenvalue weighted by Crippen LogP contribution is 2.37. The van der Waals surface area contributed by atoms with E-state index in [2.05, 4.69) is 10.9 Å². The molecule has 24 heavy (non-hydrogen) atoms. The molecule has 6 nitrogen and oxygen atoms in total. The quantitative estimate of drug-likeness (QED) is 0.330. The average Bonchev–Trinajstić information content (AvgIpc) is 2.92. The van der Waals surface area contributed by atoms with Crippen molar-refractivity contribution in [3.8, 4) is 22.9 Å². The number of nitrogens with zero attached hydrogens (tertiary/aromatic N) is 3. The van der Waals surface area contributed by atoms with Crippen LogP contribution in [0, 0.1) is 17.6 Å². The number of amides is 1. The van der Waals surface area contributed by atoms with Crippen molar-refractivity contribution in [1.29, 1.82) is 0 Å². The van der Waals surface area contributed by atoms with Crippen LogP contribution in [0.3, 0.4) is 0 Å². The molecule has 0 radical (unpaired) electrons. The molecule has 0 aliphatic carbocycles. The largest absolute Gasteiger partial charge is 0.619 e. The summed E-state index contributed by atoms with van der Waals surface area (Å²) < 4.78 is 11.8. The summed E-state index contributed by atoms with van der Waals surface area (Å²) in [6.45, 7) is 0.0346. The third-order valence-corrected chi connectivity index (χ3v) is 5.27. The van der Waals surface area contributed by atoms with Crippen LogP contribution < -0.4 is 9.63 Å². The van der Waals surface area contributed by atoms with Crippen LogP contribution in [0.4, 0.5) is 5.00 Å². The summed E-state index contributed by atoms with van der Waals surface area (Å²) in [5, 5.41) is 12.4. The number of terminal acetylenes is 1. The average molecular weight is 384 g/mol. The molecule has 2 rings (SSSR count). The first-order chi connectivity index (χ1) is 11.4. The molecule has 0 bridgehead atoms. The smallest absolute Gasteiger partial charge is 0.233 e. The lowest BCUT2D eigenvalue weighted by molar-refractivity contribution is -0.604. The number of carbonyl (C=O) groups is 1. The number of thiazole rings is 1. The van der Waals surface area contributed by atoms with E-state index < -0.39 is 11.2 Å². The van der Waals surface area contributed by atoms with E-state index in [1.165, 1.54) is 34.9 Å². The van der Waals surface area contributed by atoms with Crippen molar-refractivity contribution < 1.29 is 14.1 Å². The van der Waals surface area contributed by atoms with E-state index in [9.17, 15) is 14.6 Å². The molecule has 1 atom stereocenters. The van der Waals surface area contributed by atoms with Crippen molar-refractivity contribution in [3.05, 3.63) is 34.9 Å². The molecule has 2 heterocycles. The Morgan fingerprint density at radius 3 is 3.00 bits per heavy atom. The van der Waals surface area contributed by atoms with Gasteiger partial charge in [0.2, 0.25) is 5.91 Å². The van der Waals surface area contributed by atoms with E-state index in [0.29, 0.717) is 20.3 Å². The highest BCUT2D eigenvalue weighted by molar-refractivity contribution is 7.90. The summed E-state index contributed by atoms with van der Waals surface area (Å²) in [7, 11) is 0. The number of hydrogen-bond acceptors (Lipinski definition) is 5. The van der Waals surface area contributed by atoms with Gasteiger partial charge in [-0.2, -0.15) is 4.73 Å². The molecule has 0 aliphatic rings. The summed E-state index contributed by atoms with van der Waals surface area (Å²) in [5.74, 6) is 2.39. The number of rotatable bonds is 6. The van der Waals surface area contributed by atoms with Crippen LogP contribution in [0.25, 0.3) is 10.6 Å². The van der Waals surface area contributed by atoms with E-state index >= 15 is 0 Å². The molecule has 0 saturated heterocycles. The fraction of sp³-hybridized carbons (Fsp3) is 0.267. The van der Waals surface area contributed by atoms with Gasteiger partial charge in [0.25, 0.3) is 0 Å². The van der Waals surface area contributed by atoms with E-state index in [1.807, 2.05) is 0 Å². The van der Waals surface area contributed by atoms with Crippen LogP contribution in [-0.4, -0.2) is 34.0 Å². The van der Waals surface area contributed by atoms with Gasteiger partial charge in [-0.05, 0) is 6.07 Å². The van der Waals surface area contributed by atoms with Gasteiger partial charge in [0.05, 0.1) is 24.8 Å². The third-order valence-electron chi connectivity index (χ3n) is 2.99. The minimum atomic E-state index is -1.08. The van der Waals surface area contributed by atoms with Crippen LogP contribution in [-0.2, 0) is 16.0 Å². The van der Waals surface area contributed by atoms with E-state index in [-0.39, 0.29) is 29.8 Å². The molecule has 126 valence electrons. The molecule has 0 saturated carbocycles. The number of aromatic nitrogens is 2. The summed E-state index contributed by atoms with van der Waals surface area (Å²) in [5.41, 5.74) is 0.591. The standard InChI is InChI=1S/C15H14ClN3O3S2/c1-3-7-19(12(20)6-9-24(2)22)15-13(16)17-14(23-15)11-5-4-8-18(21)10-11/h1,4-5,8,10H,6-7,9H2,2H3. The Balaban J connectivity index is 2.31. The monoisotopic (exact) mass is 383 g/mol. The first kappa shape index (κ1) is 18.5. The molecule has 0 aromatic carbocycles. The zero-order valence-electron chi connectivity index (χ0n) is 12.8. The Hall–Kier alpha value is -1.79. The topological polar surface area (TPSA) is 83.2 Å².